The van der Waals surface area contributed by atoms with Crippen molar-refractivity contribution in [3.63, 3.8) is 0 Å². The Balaban J connectivity index is 1.22. The molecular formula is C26H29N3O. The van der Waals surface area contributed by atoms with E-state index in [2.05, 4.69) is 82.8 Å². The molecule has 0 spiro atoms. The summed E-state index contributed by atoms with van der Waals surface area (Å²) in [4.78, 5) is 19.1. The number of hydrogen-bond donors (Lipinski definition) is 1. The summed E-state index contributed by atoms with van der Waals surface area (Å²) in [5.74, 6) is 1.09. The molecular weight excluding hydrogens is 370 g/mol. The number of benzene rings is 2. The number of nitrogens with zero attached hydrogens (tertiary/aromatic N) is 2. The smallest absolute Gasteiger partial charge is 0.220 e. The van der Waals surface area contributed by atoms with E-state index in [-0.39, 0.29) is 5.91 Å². The van der Waals surface area contributed by atoms with Crippen LogP contribution in [-0.2, 0) is 30.7 Å². The van der Waals surface area contributed by atoms with Crippen LogP contribution in [0.2, 0.25) is 0 Å². The van der Waals surface area contributed by atoms with Gasteiger partial charge in [0.15, 0.2) is 0 Å². The van der Waals surface area contributed by atoms with Crippen molar-refractivity contribution in [2.75, 3.05) is 11.4 Å². The van der Waals surface area contributed by atoms with E-state index in [0.29, 0.717) is 13.0 Å². The summed E-state index contributed by atoms with van der Waals surface area (Å²) in [5, 5.41) is 3.01. The van der Waals surface area contributed by atoms with Crippen LogP contribution in [0.4, 0.5) is 5.82 Å². The van der Waals surface area contributed by atoms with E-state index < -0.39 is 0 Å². The van der Waals surface area contributed by atoms with Crippen LogP contribution in [0.5, 0.6) is 0 Å². The van der Waals surface area contributed by atoms with E-state index in [1.165, 1.54) is 22.3 Å². The molecule has 0 aliphatic carbocycles. The van der Waals surface area contributed by atoms with E-state index in [1.807, 2.05) is 6.20 Å². The molecule has 154 valence electrons. The van der Waals surface area contributed by atoms with Crippen LogP contribution >= 0.6 is 0 Å². The third kappa shape index (κ3) is 5.26. The van der Waals surface area contributed by atoms with Crippen molar-refractivity contribution in [2.45, 2.75) is 45.7 Å². The minimum atomic E-state index is 0.0961. The molecule has 1 N–H and O–H groups in total. The third-order valence-corrected chi connectivity index (χ3v) is 5.74. The van der Waals surface area contributed by atoms with Crippen molar-refractivity contribution in [1.29, 1.82) is 0 Å². The molecule has 0 saturated carbocycles. The molecule has 0 radical (unpaired) electrons. The van der Waals surface area contributed by atoms with Crippen molar-refractivity contribution in [3.05, 3.63) is 94.7 Å². The maximum atomic E-state index is 12.2. The van der Waals surface area contributed by atoms with Gasteiger partial charge in [0, 0.05) is 32.3 Å². The summed E-state index contributed by atoms with van der Waals surface area (Å²) in [6.07, 6.45) is 5.28. The summed E-state index contributed by atoms with van der Waals surface area (Å²) < 4.78 is 0. The van der Waals surface area contributed by atoms with Crippen LogP contribution in [0.15, 0.2) is 66.9 Å². The van der Waals surface area contributed by atoms with Gasteiger partial charge in [0.1, 0.15) is 5.82 Å². The number of aromatic nitrogens is 1. The van der Waals surface area contributed by atoms with Gasteiger partial charge in [0.05, 0.1) is 0 Å². The van der Waals surface area contributed by atoms with Gasteiger partial charge in [-0.25, -0.2) is 4.98 Å². The van der Waals surface area contributed by atoms with E-state index in [0.717, 1.165) is 43.7 Å². The molecule has 0 unspecified atom stereocenters. The van der Waals surface area contributed by atoms with Crippen LogP contribution in [0.3, 0.4) is 0 Å². The highest BCUT2D eigenvalue weighted by Crippen LogP contribution is 2.23. The fourth-order valence-electron chi connectivity index (χ4n) is 3.90. The Kier molecular flexibility index (Phi) is 6.43. The summed E-state index contributed by atoms with van der Waals surface area (Å²) >= 11 is 0. The van der Waals surface area contributed by atoms with E-state index in [9.17, 15) is 4.79 Å². The van der Waals surface area contributed by atoms with Crippen LogP contribution in [0.1, 0.15) is 40.7 Å². The number of rotatable bonds is 7. The average molecular weight is 400 g/mol. The molecule has 4 heteroatoms. The lowest BCUT2D eigenvalue weighted by Gasteiger charge is -2.29. The molecule has 2 aromatic carbocycles. The number of amides is 1. The van der Waals surface area contributed by atoms with Gasteiger partial charge < -0.3 is 10.2 Å². The predicted molar refractivity (Wildman–Crippen MR) is 121 cm³/mol. The number of aryl methyl sites for hydroxylation is 2. The Bertz CT molecular complexity index is 980. The molecule has 0 fully saturated rings. The first-order chi connectivity index (χ1) is 14.7. The third-order valence-electron chi connectivity index (χ3n) is 5.74. The number of nitrogens with one attached hydrogen (secondary N) is 1. The predicted octanol–water partition coefficient (Wildman–Crippen LogP) is 4.59. The number of carbonyl (C=O) groups excluding carboxylic acids is 1. The largest absolute Gasteiger partial charge is 0.352 e. The molecule has 30 heavy (non-hydrogen) atoms. The van der Waals surface area contributed by atoms with Crippen molar-refractivity contribution in [2.24, 2.45) is 0 Å². The zero-order chi connectivity index (χ0) is 20.8. The summed E-state index contributed by atoms with van der Waals surface area (Å²) in [7, 11) is 0. The maximum absolute atomic E-state index is 12.2. The topological polar surface area (TPSA) is 45.2 Å². The fourth-order valence-corrected chi connectivity index (χ4v) is 3.90. The van der Waals surface area contributed by atoms with Crippen molar-refractivity contribution in [3.8, 4) is 0 Å². The zero-order valence-corrected chi connectivity index (χ0v) is 17.6. The van der Waals surface area contributed by atoms with Crippen molar-refractivity contribution < 1.29 is 4.79 Å². The molecule has 1 amide bonds. The summed E-state index contributed by atoms with van der Waals surface area (Å²) in [6, 6.07) is 21.3. The van der Waals surface area contributed by atoms with E-state index in [4.69, 9.17) is 0 Å². The highest BCUT2D eigenvalue weighted by molar-refractivity contribution is 5.75. The number of carbonyl (C=O) groups is 1. The molecule has 0 bridgehead atoms. The Morgan fingerprint density at radius 2 is 1.77 bits per heavy atom. The van der Waals surface area contributed by atoms with Gasteiger partial charge in [-0.1, -0.05) is 60.2 Å². The SMILES string of the molecule is Cc1ccc(CCCC(=O)NCc2ccc(N3CCc4ccccc4C3)nc2)cc1. The quantitative estimate of drug-likeness (QED) is 0.632. The van der Waals surface area contributed by atoms with E-state index in [1.54, 1.807) is 0 Å². The molecule has 1 aromatic heterocycles. The lowest BCUT2D eigenvalue weighted by Crippen LogP contribution is -2.31. The number of anilines is 1. The second kappa shape index (κ2) is 9.57. The molecule has 1 aliphatic heterocycles. The van der Waals surface area contributed by atoms with Gasteiger partial charge in [-0.05, 0) is 54.5 Å². The standard InChI is InChI=1S/C26H29N3O/c1-20-9-11-21(12-10-20)5-4-8-26(30)28-18-22-13-14-25(27-17-22)29-16-15-23-6-2-3-7-24(23)19-29/h2-3,6-7,9-14,17H,4-5,8,15-16,18-19H2,1H3,(H,28,30). The van der Waals surface area contributed by atoms with Gasteiger partial charge in [0.2, 0.25) is 5.91 Å². The van der Waals surface area contributed by atoms with Crippen molar-refractivity contribution in [1.82, 2.24) is 10.3 Å². The Morgan fingerprint density at radius 3 is 2.53 bits per heavy atom. The Hall–Kier alpha value is -3.14. The Labute approximate surface area is 179 Å². The molecule has 3 aromatic rings. The highest BCUT2D eigenvalue weighted by atomic mass is 16.1. The highest BCUT2D eigenvalue weighted by Gasteiger charge is 2.16. The van der Waals surface area contributed by atoms with Gasteiger partial charge in [-0.2, -0.15) is 0 Å². The molecule has 0 atom stereocenters. The molecule has 4 rings (SSSR count). The molecule has 2 heterocycles. The number of fused-ring (bicyclic) bond motifs is 1. The van der Waals surface area contributed by atoms with Gasteiger partial charge in [0.25, 0.3) is 0 Å². The average Bonchev–Trinajstić information content (AvgIpc) is 2.79. The molecule has 0 saturated heterocycles. The van der Waals surface area contributed by atoms with Gasteiger partial charge in [-0.3, -0.25) is 4.79 Å². The van der Waals surface area contributed by atoms with Crippen molar-refractivity contribution >= 4 is 11.7 Å². The van der Waals surface area contributed by atoms with Crippen LogP contribution < -0.4 is 10.2 Å². The monoisotopic (exact) mass is 399 g/mol. The normalized spacial score (nSPS) is 13.0. The van der Waals surface area contributed by atoms with Gasteiger partial charge >= 0.3 is 0 Å². The Morgan fingerprint density at radius 1 is 1.00 bits per heavy atom. The first kappa shape index (κ1) is 20.1. The summed E-state index contributed by atoms with van der Waals surface area (Å²) in [6.45, 7) is 4.50. The second-order valence-electron chi connectivity index (χ2n) is 8.08. The zero-order valence-electron chi connectivity index (χ0n) is 17.6. The number of hydrogen-bond acceptors (Lipinski definition) is 3. The van der Waals surface area contributed by atoms with Crippen LogP contribution in [0, 0.1) is 6.92 Å². The second-order valence-corrected chi connectivity index (χ2v) is 8.08. The minimum Gasteiger partial charge on any atom is -0.352 e. The van der Waals surface area contributed by atoms with Gasteiger partial charge in [-0.15, -0.1) is 0 Å². The first-order valence-corrected chi connectivity index (χ1v) is 10.8. The lowest BCUT2D eigenvalue weighted by molar-refractivity contribution is -0.121. The number of pyridine rings is 1. The molecule has 1 aliphatic rings. The van der Waals surface area contributed by atoms with Crippen LogP contribution in [0.25, 0.3) is 0 Å². The fraction of sp³-hybridized carbons (Fsp3) is 0.308. The summed E-state index contributed by atoms with van der Waals surface area (Å²) in [5.41, 5.74) is 6.40. The van der Waals surface area contributed by atoms with Crippen LogP contribution in [-0.4, -0.2) is 17.4 Å². The maximum Gasteiger partial charge on any atom is 0.220 e. The lowest BCUT2D eigenvalue weighted by atomic mass is 10.00. The minimum absolute atomic E-state index is 0.0961. The molecule has 4 nitrogen and oxygen atoms in total. The first-order valence-electron chi connectivity index (χ1n) is 10.8. The van der Waals surface area contributed by atoms with E-state index >= 15 is 0 Å².